The van der Waals surface area contributed by atoms with E-state index in [0.717, 1.165) is 28.2 Å². The van der Waals surface area contributed by atoms with Gasteiger partial charge in [0.05, 0.1) is 17.4 Å². The van der Waals surface area contributed by atoms with Crippen LogP contribution >= 0.6 is 11.6 Å². The summed E-state index contributed by atoms with van der Waals surface area (Å²) in [6.45, 7) is 0. The smallest absolute Gasteiger partial charge is 0.163 e. The number of halogens is 2. The number of benzene rings is 3. The van der Waals surface area contributed by atoms with Crippen molar-refractivity contribution in [3.8, 4) is 0 Å². The molecule has 5 heteroatoms. The van der Waals surface area contributed by atoms with Crippen molar-refractivity contribution in [2.45, 2.75) is 24.8 Å². The van der Waals surface area contributed by atoms with E-state index in [1.54, 1.807) is 12.1 Å². The molecule has 0 fully saturated rings. The Hall–Kier alpha value is -3.11. The Morgan fingerprint density at radius 1 is 0.867 bits per heavy atom. The Bertz CT molecular complexity index is 1160. The summed E-state index contributed by atoms with van der Waals surface area (Å²) in [4.78, 5) is 13.4. The highest BCUT2D eigenvalue weighted by Gasteiger charge is 2.36. The van der Waals surface area contributed by atoms with Crippen molar-refractivity contribution in [2.75, 3.05) is 10.6 Å². The number of ketones is 1. The van der Waals surface area contributed by atoms with Gasteiger partial charge in [0.25, 0.3) is 0 Å². The van der Waals surface area contributed by atoms with E-state index in [-0.39, 0.29) is 23.6 Å². The van der Waals surface area contributed by atoms with E-state index < -0.39 is 0 Å². The van der Waals surface area contributed by atoms with Gasteiger partial charge in [0.1, 0.15) is 5.82 Å². The second-order valence-electron chi connectivity index (χ2n) is 7.74. The number of nitrogens with one attached hydrogen (secondary N) is 2. The van der Waals surface area contributed by atoms with Crippen LogP contribution in [0.15, 0.2) is 84.1 Å². The van der Waals surface area contributed by atoms with Crippen molar-refractivity contribution in [1.82, 2.24) is 0 Å². The Balaban J connectivity index is 1.62. The zero-order valence-corrected chi connectivity index (χ0v) is 16.9. The second kappa shape index (κ2) is 7.62. The normalized spacial score (nSPS) is 20.5. The minimum atomic E-state index is -0.351. The maximum Gasteiger partial charge on any atom is 0.163 e. The van der Waals surface area contributed by atoms with E-state index in [9.17, 15) is 9.18 Å². The lowest BCUT2D eigenvalue weighted by Gasteiger charge is -2.30. The molecule has 2 atom stereocenters. The van der Waals surface area contributed by atoms with Gasteiger partial charge in [-0.25, -0.2) is 4.39 Å². The van der Waals surface area contributed by atoms with Crippen LogP contribution in [-0.4, -0.2) is 5.78 Å². The molecule has 0 aromatic heterocycles. The van der Waals surface area contributed by atoms with Gasteiger partial charge in [0, 0.05) is 22.7 Å². The molecule has 30 heavy (non-hydrogen) atoms. The van der Waals surface area contributed by atoms with E-state index in [2.05, 4.69) is 10.6 Å². The number of Topliss-reactive ketones (excluding diaryl/α,β-unsaturated/α-hetero) is 1. The number of rotatable bonds is 2. The van der Waals surface area contributed by atoms with Crippen LogP contribution in [0.3, 0.4) is 0 Å². The number of hydrogen-bond donors (Lipinski definition) is 2. The lowest BCUT2D eigenvalue weighted by Crippen LogP contribution is -2.27. The van der Waals surface area contributed by atoms with E-state index in [0.29, 0.717) is 23.4 Å². The van der Waals surface area contributed by atoms with Gasteiger partial charge in [-0.05, 0) is 53.8 Å². The second-order valence-corrected chi connectivity index (χ2v) is 8.15. The Kier molecular flexibility index (Phi) is 4.80. The molecule has 0 spiro atoms. The maximum atomic E-state index is 13.5. The first-order valence-electron chi connectivity index (χ1n) is 9.99. The van der Waals surface area contributed by atoms with Crippen molar-refractivity contribution in [3.05, 3.63) is 106 Å². The minimum Gasteiger partial charge on any atom is -0.372 e. The molecule has 2 unspecified atom stereocenters. The summed E-state index contributed by atoms with van der Waals surface area (Å²) >= 11 is 6.44. The van der Waals surface area contributed by atoms with Gasteiger partial charge < -0.3 is 10.6 Å². The largest absolute Gasteiger partial charge is 0.372 e. The van der Waals surface area contributed by atoms with Crippen molar-refractivity contribution < 1.29 is 9.18 Å². The van der Waals surface area contributed by atoms with Crippen LogP contribution in [0.2, 0.25) is 5.02 Å². The molecular weight excluding hydrogens is 399 g/mol. The Morgan fingerprint density at radius 3 is 2.33 bits per heavy atom. The quantitative estimate of drug-likeness (QED) is 0.501. The van der Waals surface area contributed by atoms with Gasteiger partial charge >= 0.3 is 0 Å². The van der Waals surface area contributed by atoms with Crippen LogP contribution in [0.5, 0.6) is 0 Å². The molecule has 2 aliphatic rings. The fourth-order valence-corrected chi connectivity index (χ4v) is 4.71. The predicted octanol–water partition coefficient (Wildman–Crippen LogP) is 6.46. The molecule has 3 aromatic carbocycles. The van der Waals surface area contributed by atoms with E-state index in [1.807, 2.05) is 48.5 Å². The first-order chi connectivity index (χ1) is 14.6. The minimum absolute atomic E-state index is 0.0107. The van der Waals surface area contributed by atoms with Gasteiger partial charge in [0.2, 0.25) is 0 Å². The number of fused-ring (bicyclic) bond motifs is 1. The van der Waals surface area contributed by atoms with Crippen molar-refractivity contribution in [2.24, 2.45) is 0 Å². The molecule has 3 aromatic rings. The molecule has 5 rings (SSSR count). The zero-order valence-electron chi connectivity index (χ0n) is 16.2. The van der Waals surface area contributed by atoms with E-state index in [4.69, 9.17) is 11.6 Å². The zero-order chi connectivity index (χ0) is 20.7. The summed E-state index contributed by atoms with van der Waals surface area (Å²) in [6.07, 6.45) is 1.07. The highest BCUT2D eigenvalue weighted by molar-refractivity contribution is 6.31. The topological polar surface area (TPSA) is 41.1 Å². The molecule has 1 heterocycles. The third kappa shape index (κ3) is 3.37. The number of hydrogen-bond acceptors (Lipinski definition) is 3. The summed E-state index contributed by atoms with van der Waals surface area (Å²) in [7, 11) is 0. The van der Waals surface area contributed by atoms with Crippen LogP contribution in [0.25, 0.3) is 0 Å². The standard InChI is InChI=1S/C25H20ClFN2O/c26-19-6-2-1-5-18(19)16-13-22-24(23(30)14-16)25(15-9-11-17(27)12-10-15)29-21-8-4-3-7-20(21)28-22/h1-12,16,25,28-29H,13-14H2. The molecule has 150 valence electrons. The summed E-state index contributed by atoms with van der Waals surface area (Å²) in [5, 5.41) is 7.68. The van der Waals surface area contributed by atoms with Crippen LogP contribution in [0.4, 0.5) is 15.8 Å². The number of allylic oxidation sites excluding steroid dienone is 1. The third-order valence-electron chi connectivity index (χ3n) is 5.86. The lowest BCUT2D eigenvalue weighted by atomic mass is 9.78. The lowest BCUT2D eigenvalue weighted by molar-refractivity contribution is -0.116. The van der Waals surface area contributed by atoms with Crippen LogP contribution in [-0.2, 0) is 4.79 Å². The molecular formula is C25H20ClFN2O. The summed E-state index contributed by atoms with van der Waals surface area (Å²) < 4.78 is 13.5. The van der Waals surface area contributed by atoms with Crippen molar-refractivity contribution in [1.29, 1.82) is 0 Å². The molecule has 0 amide bonds. The summed E-state index contributed by atoms with van der Waals surface area (Å²) in [5.41, 5.74) is 5.27. The van der Waals surface area contributed by atoms with E-state index >= 15 is 0 Å². The van der Waals surface area contributed by atoms with Gasteiger partial charge in [-0.15, -0.1) is 0 Å². The molecule has 0 saturated heterocycles. The SMILES string of the molecule is O=C1CC(c2ccccc2Cl)CC2=C1C(c1ccc(F)cc1)Nc1ccccc1N2. The molecule has 0 radical (unpaired) electrons. The summed E-state index contributed by atoms with van der Waals surface area (Å²) in [6, 6.07) is 21.6. The average molecular weight is 419 g/mol. The highest BCUT2D eigenvalue weighted by Crippen LogP contribution is 2.45. The molecule has 1 aliphatic carbocycles. The number of anilines is 2. The Morgan fingerprint density at radius 2 is 1.57 bits per heavy atom. The third-order valence-corrected chi connectivity index (χ3v) is 6.20. The monoisotopic (exact) mass is 418 g/mol. The molecule has 0 bridgehead atoms. The number of carbonyl (C=O) groups excluding carboxylic acids is 1. The number of para-hydroxylation sites is 2. The average Bonchev–Trinajstić information content (AvgIpc) is 2.91. The van der Waals surface area contributed by atoms with Crippen LogP contribution in [0, 0.1) is 5.82 Å². The van der Waals surface area contributed by atoms with Gasteiger partial charge in [-0.3, -0.25) is 4.79 Å². The van der Waals surface area contributed by atoms with Gasteiger partial charge in [-0.2, -0.15) is 0 Å². The van der Waals surface area contributed by atoms with Gasteiger partial charge in [-0.1, -0.05) is 54.1 Å². The molecule has 1 aliphatic heterocycles. The van der Waals surface area contributed by atoms with Crippen LogP contribution < -0.4 is 10.6 Å². The summed E-state index contributed by atoms with van der Waals surface area (Å²) in [5.74, 6) is -0.214. The van der Waals surface area contributed by atoms with Crippen molar-refractivity contribution >= 4 is 28.8 Å². The molecule has 2 N–H and O–H groups in total. The fraction of sp³-hybridized carbons (Fsp3) is 0.160. The first kappa shape index (κ1) is 18.9. The highest BCUT2D eigenvalue weighted by atomic mass is 35.5. The van der Waals surface area contributed by atoms with E-state index in [1.165, 1.54) is 12.1 Å². The molecule has 0 saturated carbocycles. The predicted molar refractivity (Wildman–Crippen MR) is 118 cm³/mol. The van der Waals surface area contributed by atoms with Gasteiger partial charge in [0.15, 0.2) is 5.78 Å². The first-order valence-corrected chi connectivity index (χ1v) is 10.4. The number of carbonyl (C=O) groups is 1. The maximum absolute atomic E-state index is 13.5. The van der Waals surface area contributed by atoms with Crippen LogP contribution in [0.1, 0.15) is 35.9 Å². The Labute approximate surface area is 179 Å². The van der Waals surface area contributed by atoms with Crippen molar-refractivity contribution in [3.63, 3.8) is 0 Å². The fourth-order valence-electron chi connectivity index (χ4n) is 4.42. The molecule has 3 nitrogen and oxygen atoms in total.